The van der Waals surface area contributed by atoms with Gasteiger partial charge in [0.05, 0.1) is 5.69 Å². The number of hydrogen-bond acceptors (Lipinski definition) is 1. The van der Waals surface area contributed by atoms with Crippen LogP contribution >= 0.6 is 0 Å². The summed E-state index contributed by atoms with van der Waals surface area (Å²) in [6.45, 7) is 0. The van der Waals surface area contributed by atoms with Gasteiger partial charge in [-0.1, -0.05) is 25.0 Å². The van der Waals surface area contributed by atoms with E-state index in [0.717, 1.165) is 18.4 Å². The number of anilines is 1. The fourth-order valence-corrected chi connectivity index (χ4v) is 2.15. The molecule has 2 rings (SSSR count). The molecule has 0 atom stereocenters. The summed E-state index contributed by atoms with van der Waals surface area (Å²) >= 11 is 0. The van der Waals surface area contributed by atoms with Crippen LogP contribution in [0.2, 0.25) is 0 Å². The Morgan fingerprint density at radius 3 is 2.62 bits per heavy atom. The quantitative estimate of drug-likeness (QED) is 0.659. The van der Waals surface area contributed by atoms with E-state index in [0.29, 0.717) is 11.6 Å². The molecule has 0 heterocycles. The van der Waals surface area contributed by atoms with E-state index in [9.17, 15) is 4.39 Å². The molecule has 0 aliphatic heterocycles. The minimum Gasteiger partial charge on any atom is -0.396 e. The Labute approximate surface area is 77.8 Å². The smallest absolute Gasteiger partial charge is 0.146 e. The predicted molar refractivity (Wildman–Crippen MR) is 52.0 cm³/mol. The maximum atomic E-state index is 13.1. The van der Waals surface area contributed by atoms with Gasteiger partial charge in [0.15, 0.2) is 0 Å². The van der Waals surface area contributed by atoms with Gasteiger partial charge in [-0.2, -0.15) is 0 Å². The summed E-state index contributed by atoms with van der Waals surface area (Å²) < 4.78 is 13.1. The largest absolute Gasteiger partial charge is 0.396 e. The second-order valence-electron chi connectivity index (χ2n) is 3.72. The van der Waals surface area contributed by atoms with Crippen molar-refractivity contribution in [2.75, 3.05) is 5.73 Å². The highest BCUT2D eigenvalue weighted by molar-refractivity contribution is 5.50. The minimum atomic E-state index is -0.274. The summed E-state index contributed by atoms with van der Waals surface area (Å²) in [5, 5.41) is 0. The molecule has 0 amide bonds. The van der Waals surface area contributed by atoms with Crippen LogP contribution in [0.3, 0.4) is 0 Å². The van der Waals surface area contributed by atoms with Gasteiger partial charge in [-0.25, -0.2) is 4.39 Å². The monoisotopic (exact) mass is 179 g/mol. The standard InChI is InChI=1S/C11H14FN/c12-10-7-3-6-9(11(10)13)8-4-1-2-5-8/h3,6-8H,1-2,4-5,13H2. The zero-order chi connectivity index (χ0) is 9.26. The van der Waals surface area contributed by atoms with Crippen molar-refractivity contribution in [1.82, 2.24) is 0 Å². The molecule has 1 saturated carbocycles. The Hall–Kier alpha value is -1.05. The van der Waals surface area contributed by atoms with Crippen LogP contribution in [0.25, 0.3) is 0 Å². The normalized spacial score (nSPS) is 17.9. The van der Waals surface area contributed by atoms with Crippen LogP contribution < -0.4 is 5.73 Å². The average molecular weight is 179 g/mol. The van der Waals surface area contributed by atoms with Crippen LogP contribution in [0.1, 0.15) is 37.2 Å². The van der Waals surface area contributed by atoms with Gasteiger partial charge in [0.2, 0.25) is 0 Å². The Morgan fingerprint density at radius 2 is 1.92 bits per heavy atom. The lowest BCUT2D eigenvalue weighted by Gasteiger charge is -2.12. The third kappa shape index (κ3) is 1.53. The van der Waals surface area contributed by atoms with Gasteiger partial charge in [0, 0.05) is 0 Å². The van der Waals surface area contributed by atoms with Gasteiger partial charge in [-0.15, -0.1) is 0 Å². The molecule has 0 radical (unpaired) electrons. The number of hydrogen-bond donors (Lipinski definition) is 1. The van der Waals surface area contributed by atoms with E-state index in [2.05, 4.69) is 0 Å². The first-order valence-corrected chi connectivity index (χ1v) is 4.83. The highest BCUT2D eigenvalue weighted by atomic mass is 19.1. The topological polar surface area (TPSA) is 26.0 Å². The lowest BCUT2D eigenvalue weighted by Crippen LogP contribution is -2.01. The second kappa shape index (κ2) is 3.36. The van der Waals surface area contributed by atoms with Crippen molar-refractivity contribution in [2.45, 2.75) is 31.6 Å². The van der Waals surface area contributed by atoms with E-state index in [1.165, 1.54) is 18.9 Å². The van der Waals surface area contributed by atoms with Crippen LogP contribution in [-0.2, 0) is 0 Å². The molecule has 2 heteroatoms. The summed E-state index contributed by atoms with van der Waals surface area (Å²) in [7, 11) is 0. The molecule has 1 aromatic carbocycles. The maximum Gasteiger partial charge on any atom is 0.146 e. The summed E-state index contributed by atoms with van der Waals surface area (Å²) in [5.74, 6) is 0.222. The summed E-state index contributed by atoms with van der Waals surface area (Å²) in [5.41, 5.74) is 7.05. The van der Waals surface area contributed by atoms with Gasteiger partial charge in [-0.3, -0.25) is 0 Å². The van der Waals surface area contributed by atoms with Crippen LogP contribution in [-0.4, -0.2) is 0 Å². The molecule has 1 nitrogen and oxygen atoms in total. The van der Waals surface area contributed by atoms with Crippen molar-refractivity contribution in [3.8, 4) is 0 Å². The van der Waals surface area contributed by atoms with Gasteiger partial charge in [-0.05, 0) is 30.4 Å². The molecular weight excluding hydrogens is 165 g/mol. The third-order valence-corrected chi connectivity index (χ3v) is 2.88. The van der Waals surface area contributed by atoms with Crippen molar-refractivity contribution in [1.29, 1.82) is 0 Å². The molecule has 1 aliphatic rings. The van der Waals surface area contributed by atoms with E-state index in [-0.39, 0.29) is 5.82 Å². The molecule has 0 aromatic heterocycles. The third-order valence-electron chi connectivity index (χ3n) is 2.88. The first kappa shape index (κ1) is 8.54. The summed E-state index contributed by atoms with van der Waals surface area (Å²) in [4.78, 5) is 0. The van der Waals surface area contributed by atoms with E-state index in [1.54, 1.807) is 6.07 Å². The molecule has 70 valence electrons. The zero-order valence-electron chi connectivity index (χ0n) is 7.59. The average Bonchev–Trinajstić information content (AvgIpc) is 2.62. The molecular formula is C11H14FN. The fourth-order valence-electron chi connectivity index (χ4n) is 2.15. The first-order valence-electron chi connectivity index (χ1n) is 4.83. The molecule has 1 aromatic rings. The Morgan fingerprint density at radius 1 is 1.23 bits per heavy atom. The minimum absolute atomic E-state index is 0.274. The molecule has 1 fully saturated rings. The molecule has 0 saturated heterocycles. The van der Waals surface area contributed by atoms with Gasteiger partial charge in [0.1, 0.15) is 5.82 Å². The number of para-hydroxylation sites is 1. The van der Waals surface area contributed by atoms with E-state index in [1.807, 2.05) is 6.07 Å². The van der Waals surface area contributed by atoms with Crippen molar-refractivity contribution in [3.05, 3.63) is 29.6 Å². The van der Waals surface area contributed by atoms with Crippen molar-refractivity contribution >= 4 is 5.69 Å². The summed E-state index contributed by atoms with van der Waals surface area (Å²) in [6.07, 6.45) is 4.82. The molecule has 2 N–H and O–H groups in total. The number of benzene rings is 1. The number of nitrogen functional groups attached to an aromatic ring is 1. The number of rotatable bonds is 1. The Bertz CT molecular complexity index is 303. The highest BCUT2D eigenvalue weighted by Gasteiger charge is 2.19. The molecule has 0 unspecified atom stereocenters. The molecule has 0 spiro atoms. The van der Waals surface area contributed by atoms with E-state index < -0.39 is 0 Å². The molecule has 1 aliphatic carbocycles. The number of halogens is 1. The highest BCUT2D eigenvalue weighted by Crippen LogP contribution is 2.37. The lowest BCUT2D eigenvalue weighted by atomic mass is 9.96. The van der Waals surface area contributed by atoms with Gasteiger partial charge >= 0.3 is 0 Å². The summed E-state index contributed by atoms with van der Waals surface area (Å²) in [6, 6.07) is 5.13. The van der Waals surface area contributed by atoms with Crippen molar-refractivity contribution < 1.29 is 4.39 Å². The Kier molecular flexibility index (Phi) is 2.21. The van der Waals surface area contributed by atoms with E-state index >= 15 is 0 Å². The first-order chi connectivity index (χ1) is 6.29. The van der Waals surface area contributed by atoms with Gasteiger partial charge < -0.3 is 5.73 Å². The van der Waals surface area contributed by atoms with Crippen molar-refractivity contribution in [3.63, 3.8) is 0 Å². The molecule has 0 bridgehead atoms. The zero-order valence-corrected chi connectivity index (χ0v) is 7.59. The SMILES string of the molecule is Nc1c(F)cccc1C1CCCC1. The van der Waals surface area contributed by atoms with Gasteiger partial charge in [0.25, 0.3) is 0 Å². The van der Waals surface area contributed by atoms with Crippen LogP contribution in [0.5, 0.6) is 0 Å². The van der Waals surface area contributed by atoms with Crippen LogP contribution in [0.15, 0.2) is 18.2 Å². The van der Waals surface area contributed by atoms with Crippen LogP contribution in [0.4, 0.5) is 10.1 Å². The Balaban J connectivity index is 2.33. The van der Waals surface area contributed by atoms with Crippen molar-refractivity contribution in [2.24, 2.45) is 0 Å². The van der Waals surface area contributed by atoms with E-state index in [4.69, 9.17) is 5.73 Å². The maximum absolute atomic E-state index is 13.1. The lowest BCUT2D eigenvalue weighted by molar-refractivity contribution is 0.624. The molecule has 13 heavy (non-hydrogen) atoms. The number of nitrogens with two attached hydrogens (primary N) is 1. The predicted octanol–water partition coefficient (Wildman–Crippen LogP) is 3.07. The van der Waals surface area contributed by atoms with Crippen LogP contribution in [0, 0.1) is 5.82 Å². The fraction of sp³-hybridized carbons (Fsp3) is 0.455. The second-order valence-corrected chi connectivity index (χ2v) is 3.72.